The van der Waals surface area contributed by atoms with Gasteiger partial charge in [-0.2, -0.15) is 0 Å². The predicted molar refractivity (Wildman–Crippen MR) is 92.7 cm³/mol. The van der Waals surface area contributed by atoms with Crippen LogP contribution in [0.4, 0.5) is 0 Å². The van der Waals surface area contributed by atoms with Crippen molar-refractivity contribution in [1.82, 2.24) is 9.80 Å². The zero-order valence-corrected chi connectivity index (χ0v) is 13.4. The van der Waals surface area contributed by atoms with Gasteiger partial charge in [-0.25, -0.2) is 0 Å². The first kappa shape index (κ1) is 15.8. The fourth-order valence-corrected chi connectivity index (χ4v) is 3.23. The molecule has 1 aliphatic rings. The van der Waals surface area contributed by atoms with E-state index in [1.807, 2.05) is 17.0 Å². The molecular weight excluding hydrogens is 284 g/mol. The summed E-state index contributed by atoms with van der Waals surface area (Å²) < 4.78 is 0. The number of carbonyl (C=O) groups excluding carboxylic acids is 1. The summed E-state index contributed by atoms with van der Waals surface area (Å²) in [6.45, 7) is 6.92. The first-order valence-electron chi connectivity index (χ1n) is 8.15. The van der Waals surface area contributed by atoms with Gasteiger partial charge in [0.25, 0.3) is 0 Å². The van der Waals surface area contributed by atoms with E-state index in [9.17, 15) is 4.79 Å². The number of carbonyl (C=O) groups is 1. The molecule has 23 heavy (non-hydrogen) atoms. The maximum atomic E-state index is 11.7. The summed E-state index contributed by atoms with van der Waals surface area (Å²) in [6, 6.07) is 21.4. The molecule has 3 rings (SSSR count). The van der Waals surface area contributed by atoms with E-state index < -0.39 is 0 Å². The Kier molecular flexibility index (Phi) is 5.09. The third-order valence-corrected chi connectivity index (χ3v) is 4.50. The monoisotopic (exact) mass is 307 g/mol. The lowest BCUT2D eigenvalue weighted by Crippen LogP contribution is -2.54. The van der Waals surface area contributed by atoms with Crippen LogP contribution in [0.15, 0.2) is 60.7 Å². The lowest BCUT2D eigenvalue weighted by molar-refractivity contribution is -0.129. The van der Waals surface area contributed by atoms with Crippen molar-refractivity contribution in [2.45, 2.75) is 19.0 Å². The zero-order chi connectivity index (χ0) is 16.1. The third-order valence-electron chi connectivity index (χ3n) is 4.50. The highest BCUT2D eigenvalue weighted by molar-refractivity contribution is 5.80. The Morgan fingerprint density at radius 1 is 0.957 bits per heavy atom. The first-order chi connectivity index (χ1) is 11.2. The largest absolute Gasteiger partial charge is 0.340 e. The standard InChI is InChI=1S/C20H23N2O/c1-17(23)21-12-13-22(15-19-10-6-3-7-11-19)20(16-21)14-18-8-4-2-5-9-18/h2-11,20H,1,12-16H2. The van der Waals surface area contributed by atoms with Crippen LogP contribution >= 0.6 is 0 Å². The van der Waals surface area contributed by atoms with Crippen LogP contribution in [0.5, 0.6) is 0 Å². The van der Waals surface area contributed by atoms with Crippen molar-refractivity contribution in [3.63, 3.8) is 0 Å². The lowest BCUT2D eigenvalue weighted by atomic mass is 10.0. The summed E-state index contributed by atoms with van der Waals surface area (Å²) in [4.78, 5) is 16.0. The Bertz CT molecular complexity index is 627. The molecule has 2 aromatic rings. The number of piperazine rings is 1. The van der Waals surface area contributed by atoms with Crippen LogP contribution in [0, 0.1) is 6.92 Å². The van der Waals surface area contributed by atoms with Crippen molar-refractivity contribution in [3.05, 3.63) is 78.7 Å². The van der Waals surface area contributed by atoms with Crippen molar-refractivity contribution in [3.8, 4) is 0 Å². The Morgan fingerprint density at radius 2 is 1.57 bits per heavy atom. The number of benzene rings is 2. The smallest absolute Gasteiger partial charge is 0.223 e. The quantitative estimate of drug-likeness (QED) is 0.867. The number of amides is 1. The summed E-state index contributed by atoms with van der Waals surface area (Å²) in [7, 11) is 0. The van der Waals surface area contributed by atoms with Crippen LogP contribution in [-0.4, -0.2) is 41.4 Å². The molecular formula is C20H23N2O. The lowest BCUT2D eigenvalue weighted by Gasteiger charge is -2.41. The average Bonchev–Trinajstić information content (AvgIpc) is 2.58. The highest BCUT2D eigenvalue weighted by Crippen LogP contribution is 2.18. The molecule has 1 fully saturated rings. The van der Waals surface area contributed by atoms with Gasteiger partial charge >= 0.3 is 0 Å². The topological polar surface area (TPSA) is 23.6 Å². The highest BCUT2D eigenvalue weighted by Gasteiger charge is 2.28. The Morgan fingerprint density at radius 3 is 2.17 bits per heavy atom. The molecule has 2 aromatic carbocycles. The van der Waals surface area contributed by atoms with Gasteiger partial charge in [-0.15, -0.1) is 0 Å². The Labute approximate surface area is 138 Å². The van der Waals surface area contributed by atoms with Crippen molar-refractivity contribution < 1.29 is 4.79 Å². The van der Waals surface area contributed by atoms with Crippen LogP contribution < -0.4 is 0 Å². The molecule has 0 N–H and O–H groups in total. The van der Waals surface area contributed by atoms with Crippen LogP contribution in [0.2, 0.25) is 0 Å². The van der Waals surface area contributed by atoms with Crippen molar-refractivity contribution in [2.75, 3.05) is 19.6 Å². The molecule has 1 aliphatic heterocycles. The first-order valence-corrected chi connectivity index (χ1v) is 8.15. The second-order valence-corrected chi connectivity index (χ2v) is 6.14. The van der Waals surface area contributed by atoms with E-state index >= 15 is 0 Å². The minimum atomic E-state index is -0.0672. The van der Waals surface area contributed by atoms with Gasteiger partial charge in [-0.1, -0.05) is 60.7 Å². The Hall–Kier alpha value is -2.13. The second kappa shape index (κ2) is 7.42. The van der Waals surface area contributed by atoms with E-state index in [2.05, 4.69) is 60.4 Å². The van der Waals surface area contributed by atoms with Gasteiger partial charge in [0.15, 0.2) is 0 Å². The SMILES string of the molecule is [CH2]C(=O)N1CCN(Cc2ccccc2)C(Cc2ccccc2)C1. The molecule has 0 spiro atoms. The van der Waals surface area contributed by atoms with Crippen LogP contribution in [0.1, 0.15) is 11.1 Å². The van der Waals surface area contributed by atoms with Gasteiger partial charge in [0.1, 0.15) is 0 Å². The molecule has 119 valence electrons. The third kappa shape index (κ3) is 4.20. The van der Waals surface area contributed by atoms with E-state index in [1.165, 1.54) is 11.1 Å². The number of rotatable bonds is 4. The van der Waals surface area contributed by atoms with Crippen LogP contribution in [0.3, 0.4) is 0 Å². The van der Waals surface area contributed by atoms with E-state index in [-0.39, 0.29) is 5.91 Å². The van der Waals surface area contributed by atoms with E-state index in [1.54, 1.807) is 0 Å². The van der Waals surface area contributed by atoms with Crippen molar-refractivity contribution in [2.24, 2.45) is 0 Å². The number of hydrogen-bond acceptors (Lipinski definition) is 2. The van der Waals surface area contributed by atoms with E-state index in [0.29, 0.717) is 6.04 Å². The van der Waals surface area contributed by atoms with Crippen LogP contribution in [0.25, 0.3) is 0 Å². The van der Waals surface area contributed by atoms with Gasteiger partial charge in [0, 0.05) is 39.1 Å². The second-order valence-electron chi connectivity index (χ2n) is 6.14. The number of hydrogen-bond donors (Lipinski definition) is 0. The van der Waals surface area contributed by atoms with Gasteiger partial charge < -0.3 is 4.90 Å². The molecule has 1 atom stereocenters. The summed E-state index contributed by atoms with van der Waals surface area (Å²) in [5.74, 6) is -0.0672. The molecule has 0 bridgehead atoms. The van der Waals surface area contributed by atoms with Gasteiger partial charge in [0.2, 0.25) is 5.91 Å². The Balaban J connectivity index is 1.74. The molecule has 0 aromatic heterocycles. The summed E-state index contributed by atoms with van der Waals surface area (Å²) >= 11 is 0. The average molecular weight is 307 g/mol. The molecule has 1 radical (unpaired) electrons. The maximum Gasteiger partial charge on any atom is 0.223 e. The van der Waals surface area contributed by atoms with Crippen molar-refractivity contribution >= 4 is 5.91 Å². The summed E-state index contributed by atoms with van der Waals surface area (Å²) in [5.41, 5.74) is 2.63. The van der Waals surface area contributed by atoms with Gasteiger partial charge in [-0.3, -0.25) is 9.69 Å². The van der Waals surface area contributed by atoms with Gasteiger partial charge in [-0.05, 0) is 17.5 Å². The van der Waals surface area contributed by atoms with Crippen LogP contribution in [-0.2, 0) is 17.8 Å². The molecule has 0 aliphatic carbocycles. The fraction of sp³-hybridized carbons (Fsp3) is 0.300. The maximum absolute atomic E-state index is 11.7. The van der Waals surface area contributed by atoms with Crippen molar-refractivity contribution in [1.29, 1.82) is 0 Å². The minimum Gasteiger partial charge on any atom is -0.340 e. The molecule has 1 amide bonds. The molecule has 1 unspecified atom stereocenters. The van der Waals surface area contributed by atoms with E-state index in [0.717, 1.165) is 32.6 Å². The molecule has 1 heterocycles. The molecule has 1 saturated heterocycles. The normalized spacial score (nSPS) is 18.8. The number of nitrogens with zero attached hydrogens (tertiary/aromatic N) is 2. The zero-order valence-electron chi connectivity index (χ0n) is 13.4. The summed E-state index contributed by atoms with van der Waals surface area (Å²) in [5, 5.41) is 0. The van der Waals surface area contributed by atoms with Gasteiger partial charge in [0.05, 0.1) is 0 Å². The minimum absolute atomic E-state index is 0.0672. The fourth-order valence-electron chi connectivity index (χ4n) is 3.23. The predicted octanol–water partition coefficient (Wildman–Crippen LogP) is 2.78. The molecule has 3 nitrogen and oxygen atoms in total. The molecule has 3 heteroatoms. The highest BCUT2D eigenvalue weighted by atomic mass is 16.2. The molecule has 0 saturated carbocycles. The summed E-state index contributed by atoms with van der Waals surface area (Å²) in [6.07, 6.45) is 0.956. The van der Waals surface area contributed by atoms with E-state index in [4.69, 9.17) is 0 Å².